The van der Waals surface area contributed by atoms with E-state index in [1.54, 1.807) is 12.5 Å². The van der Waals surface area contributed by atoms with Crippen LogP contribution in [0, 0.1) is 45.3 Å². The summed E-state index contributed by atoms with van der Waals surface area (Å²) >= 11 is 0. The zero-order valence-corrected chi connectivity index (χ0v) is 33.0. The summed E-state index contributed by atoms with van der Waals surface area (Å²) in [7, 11) is 0. The maximum atomic E-state index is 11.8. The molecule has 0 spiro atoms. The Kier molecular flexibility index (Phi) is 10.7. The van der Waals surface area contributed by atoms with E-state index in [-0.39, 0.29) is 16.9 Å². The molecule has 4 nitrogen and oxygen atoms in total. The van der Waals surface area contributed by atoms with E-state index in [1.165, 1.54) is 75.4 Å². The first kappa shape index (κ1) is 37.9. The molecule has 1 aliphatic heterocycles. The molecule has 2 N–H and O–H groups in total. The summed E-state index contributed by atoms with van der Waals surface area (Å²) in [5, 5.41) is 15.5. The lowest BCUT2D eigenvalue weighted by atomic mass is 9.33. The quantitative estimate of drug-likeness (QED) is 0.278. The molecular formula is C44H74N2O2. The molecule has 6 rings (SSSR count). The van der Waals surface area contributed by atoms with E-state index in [0.717, 1.165) is 43.1 Å². The minimum absolute atomic E-state index is 0.140. The van der Waals surface area contributed by atoms with Crippen molar-refractivity contribution in [2.24, 2.45) is 45.3 Å². The molecule has 0 aromatic rings. The van der Waals surface area contributed by atoms with Gasteiger partial charge >= 0.3 is 0 Å². The van der Waals surface area contributed by atoms with Crippen molar-refractivity contribution in [1.29, 1.82) is 0 Å². The molecule has 1 amide bonds. The molecule has 0 aromatic heterocycles. The zero-order valence-electron chi connectivity index (χ0n) is 33.0. The third-order valence-electron chi connectivity index (χ3n) is 16.1. The van der Waals surface area contributed by atoms with Crippen LogP contribution in [0.25, 0.3) is 0 Å². The van der Waals surface area contributed by atoms with Gasteiger partial charge in [0.25, 0.3) is 0 Å². The van der Waals surface area contributed by atoms with E-state index in [2.05, 4.69) is 72.5 Å². The molecule has 5 aliphatic carbocycles. The van der Waals surface area contributed by atoms with E-state index in [1.807, 2.05) is 18.7 Å². The number of piperidine rings is 1. The van der Waals surface area contributed by atoms with Gasteiger partial charge in [-0.15, -0.1) is 6.58 Å². The second-order valence-corrected chi connectivity index (χ2v) is 19.3. The summed E-state index contributed by atoms with van der Waals surface area (Å²) in [6.45, 7) is 29.5. The van der Waals surface area contributed by atoms with Crippen LogP contribution in [0.3, 0.4) is 0 Å². The lowest BCUT2D eigenvalue weighted by Crippen LogP contribution is -2.67. The van der Waals surface area contributed by atoms with E-state index in [0.29, 0.717) is 42.2 Å². The van der Waals surface area contributed by atoms with Gasteiger partial charge in [-0.05, 0) is 162 Å². The van der Waals surface area contributed by atoms with Crippen molar-refractivity contribution < 1.29 is 9.90 Å². The second-order valence-electron chi connectivity index (χ2n) is 19.3. The molecule has 272 valence electrons. The van der Waals surface area contributed by atoms with Crippen LogP contribution in [-0.2, 0) is 4.79 Å². The first-order chi connectivity index (χ1) is 22.4. The minimum atomic E-state index is -0.626. The van der Waals surface area contributed by atoms with Crippen LogP contribution in [0.1, 0.15) is 159 Å². The normalized spacial score (nSPS) is 41.4. The number of nitrogens with zero attached hydrogens (tertiary/aromatic N) is 1. The number of carbonyl (C=O) groups is 1. The Bertz CT molecular complexity index is 1270. The number of nitrogens with one attached hydrogen (secondary N) is 1. The summed E-state index contributed by atoms with van der Waals surface area (Å²) in [5.74, 6) is 3.29. The van der Waals surface area contributed by atoms with Crippen molar-refractivity contribution in [2.75, 3.05) is 19.6 Å². The van der Waals surface area contributed by atoms with Crippen LogP contribution in [0.15, 0.2) is 35.5 Å². The summed E-state index contributed by atoms with van der Waals surface area (Å²) in [4.78, 5) is 13.7. The fourth-order valence-electron chi connectivity index (χ4n) is 13.6. The van der Waals surface area contributed by atoms with Crippen LogP contribution in [0.5, 0.6) is 0 Å². The van der Waals surface area contributed by atoms with Gasteiger partial charge in [0.05, 0.1) is 5.60 Å². The molecule has 0 aromatic carbocycles. The number of hydrogen-bond acceptors (Lipinski definition) is 3. The number of allylic oxidation sites excluding steroid dienone is 5. The van der Waals surface area contributed by atoms with Gasteiger partial charge in [0.1, 0.15) is 0 Å². The molecule has 0 radical (unpaired) electrons. The van der Waals surface area contributed by atoms with E-state index in [9.17, 15) is 9.90 Å². The third kappa shape index (κ3) is 6.35. The van der Waals surface area contributed by atoms with Crippen LogP contribution < -0.4 is 5.32 Å². The zero-order chi connectivity index (χ0) is 35.3. The van der Waals surface area contributed by atoms with Crippen molar-refractivity contribution in [3.8, 4) is 0 Å². The van der Waals surface area contributed by atoms with Gasteiger partial charge in [-0.1, -0.05) is 71.3 Å². The lowest BCUT2D eigenvalue weighted by Gasteiger charge is -2.72. The van der Waals surface area contributed by atoms with E-state index in [4.69, 9.17) is 0 Å². The van der Waals surface area contributed by atoms with Gasteiger partial charge < -0.3 is 15.3 Å². The van der Waals surface area contributed by atoms with Gasteiger partial charge in [0.15, 0.2) is 0 Å². The number of likely N-dealkylation sites (tertiary alicyclic amines) is 1. The molecule has 4 heteroatoms. The standard InChI is InChI=1S/C40H66N2O2.C4H8/c1-9-11-28(2)30-15-18-36(6)33(35(30,4)5)16-19-38(8)34(36)14-13-31-32-12-10-17-40(32,21-20-37(31,38)7)41-25-22-39(44)23-26-42(27-24-39)29(3)43;1-4(2)3/h11,15,31-34,41,44H,9-10,12-14,16-27H2,1-8H3;1H2,2-3H3/b28-11+;/t31?,32-,33?,34?,36?,37-,38?,40?;/m1./s1. The Balaban J connectivity index is 0.00000107. The molecule has 6 aliphatic rings. The average Bonchev–Trinajstić information content (AvgIpc) is 3.41. The van der Waals surface area contributed by atoms with E-state index >= 15 is 0 Å². The van der Waals surface area contributed by atoms with Crippen molar-refractivity contribution in [1.82, 2.24) is 10.2 Å². The number of rotatable bonds is 6. The number of amides is 1. The van der Waals surface area contributed by atoms with Crippen LogP contribution in [0.4, 0.5) is 0 Å². The third-order valence-corrected chi connectivity index (χ3v) is 16.1. The monoisotopic (exact) mass is 663 g/mol. The van der Waals surface area contributed by atoms with Crippen LogP contribution >= 0.6 is 0 Å². The van der Waals surface area contributed by atoms with Crippen molar-refractivity contribution in [2.45, 2.75) is 170 Å². The second kappa shape index (κ2) is 13.6. The fraction of sp³-hybridized carbons (Fsp3) is 0.841. The predicted octanol–water partition coefficient (Wildman–Crippen LogP) is 10.4. The smallest absolute Gasteiger partial charge is 0.219 e. The predicted molar refractivity (Wildman–Crippen MR) is 203 cm³/mol. The highest BCUT2D eigenvalue weighted by molar-refractivity contribution is 5.73. The molecule has 4 saturated carbocycles. The Morgan fingerprint density at radius 1 is 0.896 bits per heavy atom. The molecule has 1 heterocycles. The lowest BCUT2D eigenvalue weighted by molar-refractivity contribution is -0.218. The maximum Gasteiger partial charge on any atom is 0.219 e. The van der Waals surface area contributed by atoms with E-state index < -0.39 is 5.60 Å². The summed E-state index contributed by atoms with van der Waals surface area (Å²) in [6, 6.07) is 0. The Morgan fingerprint density at radius 2 is 1.56 bits per heavy atom. The number of hydrogen-bond donors (Lipinski definition) is 2. The molecular weight excluding hydrogens is 588 g/mol. The van der Waals surface area contributed by atoms with Gasteiger partial charge in [0.2, 0.25) is 5.91 Å². The minimum Gasteiger partial charge on any atom is -0.390 e. The molecule has 1 saturated heterocycles. The summed E-state index contributed by atoms with van der Waals surface area (Å²) in [5.41, 5.74) is 5.41. The highest BCUT2D eigenvalue weighted by Gasteiger charge is 2.69. The molecule has 5 fully saturated rings. The first-order valence-corrected chi connectivity index (χ1v) is 20.1. The van der Waals surface area contributed by atoms with Gasteiger partial charge in [-0.2, -0.15) is 0 Å². The number of aliphatic hydroxyl groups is 1. The highest BCUT2D eigenvalue weighted by atomic mass is 16.3. The van der Waals surface area contributed by atoms with Gasteiger partial charge in [-0.3, -0.25) is 4.79 Å². The number of fused-ring (bicyclic) bond motifs is 7. The van der Waals surface area contributed by atoms with Crippen LogP contribution in [0.2, 0.25) is 0 Å². The van der Waals surface area contributed by atoms with Crippen molar-refractivity contribution >= 4 is 5.91 Å². The summed E-state index contributed by atoms with van der Waals surface area (Å²) in [6.07, 6.45) is 22.1. The number of carbonyl (C=O) groups excluding carboxylic acids is 1. The SMILES string of the molecule is C=C(C)C.CC/C=C(\C)C1=CCC2(C)C(CCC3(C)C2CCC2[C@H]4CCCC4(NCCC4(O)CCN(C(C)=O)CC4)CC[C@]23C)C1(C)C. The Morgan fingerprint density at radius 3 is 2.19 bits per heavy atom. The molecule has 6 unspecified atom stereocenters. The molecule has 0 bridgehead atoms. The molecule has 48 heavy (non-hydrogen) atoms. The van der Waals surface area contributed by atoms with Crippen molar-refractivity contribution in [3.05, 3.63) is 35.5 Å². The van der Waals surface area contributed by atoms with Crippen LogP contribution in [-0.4, -0.2) is 46.7 Å². The highest BCUT2D eigenvalue weighted by Crippen LogP contribution is 2.76. The first-order valence-electron chi connectivity index (χ1n) is 20.1. The van der Waals surface area contributed by atoms with Gasteiger partial charge in [0, 0.05) is 25.6 Å². The average molecular weight is 663 g/mol. The van der Waals surface area contributed by atoms with Crippen molar-refractivity contribution in [3.63, 3.8) is 0 Å². The Hall–Kier alpha value is -1.39. The maximum absolute atomic E-state index is 11.8. The fourth-order valence-corrected chi connectivity index (χ4v) is 13.6. The summed E-state index contributed by atoms with van der Waals surface area (Å²) < 4.78 is 0. The van der Waals surface area contributed by atoms with Gasteiger partial charge in [-0.25, -0.2) is 0 Å². The molecule has 8 atom stereocenters. The Labute approximate surface area is 296 Å². The topological polar surface area (TPSA) is 52.6 Å². The largest absolute Gasteiger partial charge is 0.390 e.